The minimum Gasteiger partial charge on any atom is -0.391 e. The molecule has 2 aliphatic rings. The number of hydrogen-bond acceptors (Lipinski definition) is 15. The van der Waals surface area contributed by atoms with Gasteiger partial charge in [0.1, 0.15) is 42.3 Å². The predicted molar refractivity (Wildman–Crippen MR) is 246 cm³/mol. The van der Waals surface area contributed by atoms with Gasteiger partial charge in [-0.2, -0.15) is 0 Å². The highest BCUT2D eigenvalue weighted by molar-refractivity contribution is 8.76. The highest BCUT2D eigenvalue weighted by Crippen LogP contribution is 2.26. The van der Waals surface area contributed by atoms with E-state index in [0.717, 1.165) is 21.6 Å². The molecule has 0 aliphatic carbocycles. The van der Waals surface area contributed by atoms with E-state index in [2.05, 4.69) is 42.2 Å². The van der Waals surface area contributed by atoms with E-state index in [9.17, 15) is 53.1 Å². The van der Waals surface area contributed by atoms with Crippen LogP contribution in [0, 0.1) is 11.8 Å². The van der Waals surface area contributed by atoms with Gasteiger partial charge in [0.25, 0.3) is 0 Å². The van der Waals surface area contributed by atoms with Crippen LogP contribution in [-0.4, -0.2) is 161 Å². The molecule has 0 radical (unpaired) electrons. The maximum atomic E-state index is 14.4. The quantitative estimate of drug-likeness (QED) is 0.0280. The predicted octanol–water partition coefficient (Wildman–Crippen LogP) is -5.39. The SMILES string of the molecule is CC[C@H](C)[C@@H]1NC(=O)C(CC(C)C)NC(=O)[C@@H](N)CSSCC(C(=O)N2CCC[C@H]2C(=O)N[C@H](CCCN=C(N)N)C(=O)NCC(N)=O)NC(=O)[C@H](CC(N)=O)NC(=O)[C@H]([C@@H](C)O)NC1=O. The average molecular weight is 973 g/mol. The van der Waals surface area contributed by atoms with Crippen LogP contribution in [-0.2, 0) is 47.9 Å². The minimum atomic E-state index is -1.75. The number of primary amides is 2. The number of rotatable bonds is 17. The van der Waals surface area contributed by atoms with E-state index >= 15 is 0 Å². The summed E-state index contributed by atoms with van der Waals surface area (Å²) in [6.45, 7) is 7.92. The van der Waals surface area contributed by atoms with Crippen molar-refractivity contribution in [1.29, 1.82) is 0 Å². The molecule has 2 aliphatic heterocycles. The summed E-state index contributed by atoms with van der Waals surface area (Å²) in [5, 5.41) is 28.3. The number of carbonyl (C=O) groups is 10. The van der Waals surface area contributed by atoms with E-state index in [0.29, 0.717) is 12.8 Å². The zero-order valence-electron chi connectivity index (χ0n) is 38.0. The molecule has 372 valence electrons. The van der Waals surface area contributed by atoms with Crippen LogP contribution in [0.4, 0.5) is 0 Å². The topological polar surface area (TPSA) is 421 Å². The Morgan fingerprint density at radius 3 is 2.02 bits per heavy atom. The molecule has 2 saturated heterocycles. The van der Waals surface area contributed by atoms with E-state index < -0.39 is 132 Å². The maximum absolute atomic E-state index is 14.4. The van der Waals surface area contributed by atoms with Gasteiger partial charge in [0.2, 0.25) is 59.1 Å². The number of nitrogens with two attached hydrogens (primary N) is 5. The molecule has 2 rings (SSSR count). The molecule has 10 amide bonds. The molecule has 0 aromatic carbocycles. The van der Waals surface area contributed by atoms with Gasteiger partial charge >= 0.3 is 0 Å². The van der Waals surface area contributed by atoms with Crippen molar-refractivity contribution in [2.75, 3.05) is 31.1 Å². The molecule has 2 heterocycles. The molecule has 25 nitrogen and oxygen atoms in total. The van der Waals surface area contributed by atoms with Gasteiger partial charge in [-0.15, -0.1) is 0 Å². The van der Waals surface area contributed by atoms with Crippen LogP contribution in [0.2, 0.25) is 0 Å². The van der Waals surface area contributed by atoms with E-state index in [1.165, 1.54) is 11.8 Å². The van der Waals surface area contributed by atoms with Crippen molar-refractivity contribution in [3.63, 3.8) is 0 Å². The Morgan fingerprint density at radius 1 is 0.818 bits per heavy atom. The van der Waals surface area contributed by atoms with Gasteiger partial charge in [-0.1, -0.05) is 55.7 Å². The van der Waals surface area contributed by atoms with Gasteiger partial charge in [0, 0.05) is 24.6 Å². The Kier molecular flexibility index (Phi) is 24.0. The lowest BCUT2D eigenvalue weighted by molar-refractivity contribution is -0.142. The fourth-order valence-electron chi connectivity index (χ4n) is 6.86. The van der Waals surface area contributed by atoms with Crippen molar-refractivity contribution in [3.05, 3.63) is 0 Å². The van der Waals surface area contributed by atoms with E-state index in [1.54, 1.807) is 13.8 Å². The number of hydrogen-bond donors (Lipinski definition) is 13. The van der Waals surface area contributed by atoms with Crippen LogP contribution in [0.3, 0.4) is 0 Å². The summed E-state index contributed by atoms with van der Waals surface area (Å²) in [5.74, 6) is -9.60. The largest absolute Gasteiger partial charge is 0.391 e. The Morgan fingerprint density at radius 2 is 1.42 bits per heavy atom. The Labute approximate surface area is 391 Å². The van der Waals surface area contributed by atoms with Crippen molar-refractivity contribution >= 4 is 86.6 Å². The molecule has 0 saturated carbocycles. The zero-order valence-corrected chi connectivity index (χ0v) is 39.6. The lowest BCUT2D eigenvalue weighted by atomic mass is 9.96. The van der Waals surface area contributed by atoms with Crippen LogP contribution in [0.25, 0.3) is 0 Å². The number of nitrogens with zero attached hydrogens (tertiary/aromatic N) is 2. The number of amides is 10. The molecule has 0 aromatic rings. The highest BCUT2D eigenvalue weighted by atomic mass is 33.1. The normalized spacial score (nSPS) is 25.4. The Balaban J connectivity index is 2.56. The van der Waals surface area contributed by atoms with Crippen molar-refractivity contribution in [3.8, 4) is 0 Å². The molecule has 27 heteroatoms. The molecule has 66 heavy (non-hydrogen) atoms. The third kappa shape index (κ3) is 18.8. The lowest BCUT2D eigenvalue weighted by Gasteiger charge is -2.31. The number of nitrogens with one attached hydrogen (secondary N) is 7. The van der Waals surface area contributed by atoms with E-state index in [4.69, 9.17) is 28.7 Å². The summed E-state index contributed by atoms with van der Waals surface area (Å²) >= 11 is 0. The van der Waals surface area contributed by atoms with E-state index in [-0.39, 0.29) is 62.2 Å². The highest BCUT2D eigenvalue weighted by Gasteiger charge is 2.41. The van der Waals surface area contributed by atoms with Gasteiger partial charge in [0.05, 0.1) is 25.1 Å². The molecule has 0 bridgehead atoms. The van der Waals surface area contributed by atoms with Crippen molar-refractivity contribution in [1.82, 2.24) is 42.1 Å². The van der Waals surface area contributed by atoms with Crippen LogP contribution in [0.15, 0.2) is 4.99 Å². The molecule has 0 spiro atoms. The van der Waals surface area contributed by atoms with Gasteiger partial charge in [-0.05, 0) is 50.9 Å². The number of guanidine groups is 1. The first-order chi connectivity index (χ1) is 31.0. The number of carbonyl (C=O) groups excluding carboxylic acids is 10. The Hall–Kier alpha value is -5.41. The van der Waals surface area contributed by atoms with Gasteiger partial charge in [-0.3, -0.25) is 52.9 Å². The van der Waals surface area contributed by atoms with E-state index in [1.807, 2.05) is 13.8 Å². The fraction of sp³-hybridized carbons (Fsp3) is 0.718. The maximum Gasteiger partial charge on any atom is 0.246 e. The van der Waals surface area contributed by atoms with Crippen molar-refractivity contribution in [2.45, 2.75) is 134 Å². The Bertz CT molecular complexity index is 1790. The molecule has 0 aromatic heterocycles. The number of aliphatic hydroxyl groups excluding tert-OH is 1. The first kappa shape index (κ1) is 56.7. The number of aliphatic imine (C=N–C) groups is 1. The summed E-state index contributed by atoms with van der Waals surface area (Å²) in [6, 6.07) is -10.8. The molecule has 18 N–H and O–H groups in total. The standard InChI is InChI=1S/C39H68N14O11S2/c1-6-19(4)29-36(62)52-30(20(5)54)37(63)49-24(14-27(41)55)33(59)50-25(17-66-65-16-21(40)31(57)48-23(13-18(2)3)34(60)51-29)38(64)53-12-8-10-26(53)35(61)47-22(9-7-11-45-39(43)44)32(58)46-15-28(42)56/h18-26,29-30,54H,6-17,40H2,1-5H3,(H2,41,55)(H2,42,56)(H,46,58)(H,47,61)(H,48,57)(H,49,63)(H,50,59)(H,51,60)(H,52,62)(H4,43,44,45)/t19-,20+,21-,22+,23?,24-,25?,26-,29-,30-/m0/s1. The van der Waals surface area contributed by atoms with Crippen molar-refractivity contribution in [2.24, 2.45) is 45.5 Å². The first-order valence-corrected chi connectivity index (χ1v) is 24.2. The van der Waals surface area contributed by atoms with Gasteiger partial charge in [-0.25, -0.2) is 0 Å². The first-order valence-electron chi connectivity index (χ1n) is 21.7. The second-order valence-electron chi connectivity index (χ2n) is 16.6. The second-order valence-corrected chi connectivity index (χ2v) is 19.2. The smallest absolute Gasteiger partial charge is 0.246 e. The fourth-order valence-corrected chi connectivity index (χ4v) is 9.14. The average Bonchev–Trinajstić information content (AvgIpc) is 3.74. The van der Waals surface area contributed by atoms with Gasteiger partial charge in [0.15, 0.2) is 5.96 Å². The molecular weight excluding hydrogens is 905 g/mol. The summed E-state index contributed by atoms with van der Waals surface area (Å²) in [6.07, 6.45) is -1.08. The molecule has 2 unspecified atom stereocenters. The molecule has 10 atom stereocenters. The van der Waals surface area contributed by atoms with Crippen molar-refractivity contribution < 1.29 is 53.1 Å². The summed E-state index contributed by atoms with van der Waals surface area (Å²) in [7, 11) is 2.08. The lowest BCUT2D eigenvalue weighted by Crippen LogP contribution is -2.63. The van der Waals surface area contributed by atoms with Crippen LogP contribution < -0.4 is 65.9 Å². The number of likely N-dealkylation sites (tertiary alicyclic amines) is 1. The zero-order chi connectivity index (χ0) is 49.8. The van der Waals surface area contributed by atoms with Crippen LogP contribution >= 0.6 is 21.6 Å². The summed E-state index contributed by atoms with van der Waals surface area (Å²) in [5.41, 5.74) is 27.7. The third-order valence-electron chi connectivity index (χ3n) is 10.6. The van der Waals surface area contributed by atoms with Gasteiger partial charge < -0.3 is 75.9 Å². The third-order valence-corrected chi connectivity index (χ3v) is 13.1. The second kappa shape index (κ2) is 27.9. The van der Waals surface area contributed by atoms with Crippen LogP contribution in [0.1, 0.15) is 79.6 Å². The number of aliphatic hydroxyl groups is 1. The summed E-state index contributed by atoms with van der Waals surface area (Å²) in [4.78, 5) is 139. The monoisotopic (exact) mass is 972 g/mol. The van der Waals surface area contributed by atoms with Crippen LogP contribution in [0.5, 0.6) is 0 Å². The summed E-state index contributed by atoms with van der Waals surface area (Å²) < 4.78 is 0. The molecular formula is C39H68N14O11S2. The minimum absolute atomic E-state index is 0.0249. The molecule has 2 fully saturated rings.